The second-order valence-electron chi connectivity index (χ2n) is 4.90. The molecule has 1 aliphatic rings. The van der Waals surface area contributed by atoms with E-state index in [1.807, 2.05) is 0 Å². The van der Waals surface area contributed by atoms with E-state index in [-0.39, 0.29) is 24.3 Å². The second kappa shape index (κ2) is 6.10. The number of aromatic hydroxyl groups is 1. The van der Waals surface area contributed by atoms with Gasteiger partial charge >= 0.3 is 5.97 Å². The second-order valence-corrected chi connectivity index (χ2v) is 4.90. The zero-order chi connectivity index (χ0) is 15.6. The molecule has 116 valence electrons. The van der Waals surface area contributed by atoms with Gasteiger partial charge in [-0.1, -0.05) is 0 Å². The lowest BCUT2D eigenvalue weighted by atomic mass is 10.2. The molecule has 0 radical (unpaired) electrons. The normalized spacial score (nSPS) is 23.0. The molecule has 21 heavy (non-hydrogen) atoms. The van der Waals surface area contributed by atoms with Gasteiger partial charge in [-0.05, 0) is 19.8 Å². The summed E-state index contributed by atoms with van der Waals surface area (Å²) in [5, 5.41) is 9.85. The lowest BCUT2D eigenvalue weighted by Crippen LogP contribution is -2.31. The first-order valence-corrected chi connectivity index (χ1v) is 6.53. The van der Waals surface area contributed by atoms with Gasteiger partial charge < -0.3 is 26.0 Å². The number of nitrogens with zero attached hydrogens (tertiary/aromatic N) is 2. The zero-order valence-corrected chi connectivity index (χ0v) is 11.6. The molecule has 1 saturated heterocycles. The number of hydrogen-bond acceptors (Lipinski definition) is 7. The molecular weight excluding hydrogens is 280 g/mol. The van der Waals surface area contributed by atoms with Crippen molar-refractivity contribution >= 4 is 11.9 Å². The average molecular weight is 298 g/mol. The van der Waals surface area contributed by atoms with Crippen molar-refractivity contribution in [2.45, 2.75) is 38.1 Å². The van der Waals surface area contributed by atoms with Crippen LogP contribution in [0.4, 0.5) is 0 Å². The van der Waals surface area contributed by atoms with Crippen LogP contribution in [0.25, 0.3) is 0 Å². The fourth-order valence-electron chi connectivity index (χ4n) is 2.06. The van der Waals surface area contributed by atoms with Gasteiger partial charge in [0, 0.05) is 0 Å². The fraction of sp³-hybridized carbons (Fsp3) is 0.583. The number of esters is 1. The standard InChI is InChI=1S/C12H18N4O5/c1-6(13)12(19)20-4-7-2-3-8(21-7)16-5-15-9(10(14)17)11(16)18/h5-8,18H,2-4,13H2,1H3,(H2,14,17)/t6-,7-,8+/m0/s1. The summed E-state index contributed by atoms with van der Waals surface area (Å²) < 4.78 is 12.0. The third-order valence-corrected chi connectivity index (χ3v) is 3.18. The highest BCUT2D eigenvalue weighted by Gasteiger charge is 2.30. The SMILES string of the molecule is C[C@H](N)C(=O)OC[C@@H]1CC[C@H](n2cnc(C(N)=O)c2O)O1. The van der Waals surface area contributed by atoms with Gasteiger partial charge in [0.2, 0.25) is 5.88 Å². The van der Waals surface area contributed by atoms with Gasteiger partial charge in [-0.3, -0.25) is 14.2 Å². The van der Waals surface area contributed by atoms with Crippen molar-refractivity contribution in [1.82, 2.24) is 9.55 Å². The molecule has 0 aliphatic carbocycles. The minimum absolute atomic E-state index is 0.0923. The average Bonchev–Trinajstić information content (AvgIpc) is 3.01. The molecule has 1 aliphatic heterocycles. The van der Waals surface area contributed by atoms with E-state index >= 15 is 0 Å². The molecule has 0 bridgehead atoms. The Hall–Kier alpha value is -2.13. The number of rotatable bonds is 5. The quantitative estimate of drug-likeness (QED) is 0.607. The van der Waals surface area contributed by atoms with E-state index in [1.165, 1.54) is 17.8 Å². The van der Waals surface area contributed by atoms with E-state index < -0.39 is 24.1 Å². The summed E-state index contributed by atoms with van der Waals surface area (Å²) in [6.07, 6.45) is 1.74. The van der Waals surface area contributed by atoms with Gasteiger partial charge in [0.1, 0.15) is 25.2 Å². The molecule has 1 aromatic rings. The van der Waals surface area contributed by atoms with Crippen molar-refractivity contribution in [1.29, 1.82) is 0 Å². The summed E-state index contributed by atoms with van der Waals surface area (Å²) >= 11 is 0. The number of nitrogens with two attached hydrogens (primary N) is 2. The maximum atomic E-state index is 11.3. The number of carbonyl (C=O) groups is 2. The molecule has 9 heteroatoms. The van der Waals surface area contributed by atoms with Crippen molar-refractivity contribution in [3.63, 3.8) is 0 Å². The van der Waals surface area contributed by atoms with Crippen molar-refractivity contribution in [3.05, 3.63) is 12.0 Å². The minimum Gasteiger partial charge on any atom is -0.493 e. The largest absolute Gasteiger partial charge is 0.493 e. The fourth-order valence-corrected chi connectivity index (χ4v) is 2.06. The molecule has 0 spiro atoms. The van der Waals surface area contributed by atoms with Crippen molar-refractivity contribution in [2.75, 3.05) is 6.61 Å². The summed E-state index contributed by atoms with van der Waals surface area (Å²) in [5.41, 5.74) is 10.3. The topological polar surface area (TPSA) is 143 Å². The van der Waals surface area contributed by atoms with Crippen molar-refractivity contribution in [3.8, 4) is 5.88 Å². The minimum atomic E-state index is -0.813. The Morgan fingerprint density at radius 3 is 2.90 bits per heavy atom. The first-order valence-electron chi connectivity index (χ1n) is 6.53. The van der Waals surface area contributed by atoms with Crippen LogP contribution < -0.4 is 11.5 Å². The zero-order valence-electron chi connectivity index (χ0n) is 11.6. The van der Waals surface area contributed by atoms with Crippen molar-refractivity contribution < 1.29 is 24.2 Å². The smallest absolute Gasteiger partial charge is 0.322 e. The molecule has 1 aromatic heterocycles. The molecule has 5 N–H and O–H groups in total. The van der Waals surface area contributed by atoms with Crippen molar-refractivity contribution in [2.24, 2.45) is 11.5 Å². The number of ether oxygens (including phenoxy) is 2. The van der Waals surface area contributed by atoms with Crippen LogP contribution in [-0.2, 0) is 14.3 Å². The Labute approximate surface area is 120 Å². The Morgan fingerprint density at radius 2 is 2.33 bits per heavy atom. The van der Waals surface area contributed by atoms with Gasteiger partial charge in [-0.15, -0.1) is 0 Å². The number of amides is 1. The first-order chi connectivity index (χ1) is 9.90. The van der Waals surface area contributed by atoms with E-state index in [0.29, 0.717) is 12.8 Å². The molecule has 9 nitrogen and oxygen atoms in total. The molecule has 2 heterocycles. The van der Waals surface area contributed by atoms with Gasteiger partial charge in [-0.25, -0.2) is 4.98 Å². The lowest BCUT2D eigenvalue weighted by Gasteiger charge is -2.16. The molecule has 2 rings (SSSR count). The maximum absolute atomic E-state index is 11.3. The Balaban J connectivity index is 1.93. The van der Waals surface area contributed by atoms with E-state index in [2.05, 4.69) is 4.98 Å². The van der Waals surface area contributed by atoms with Crippen LogP contribution in [-0.4, -0.2) is 45.3 Å². The molecule has 0 saturated carbocycles. The number of imidazole rings is 1. The predicted octanol–water partition coefficient (Wildman–Crippen LogP) is -0.744. The monoisotopic (exact) mass is 298 g/mol. The molecule has 1 fully saturated rings. The summed E-state index contributed by atoms with van der Waals surface area (Å²) in [4.78, 5) is 26.0. The predicted molar refractivity (Wildman–Crippen MR) is 70.2 cm³/mol. The van der Waals surface area contributed by atoms with Gasteiger partial charge in [-0.2, -0.15) is 0 Å². The molecule has 0 unspecified atom stereocenters. The van der Waals surface area contributed by atoms with Crippen LogP contribution >= 0.6 is 0 Å². The third kappa shape index (κ3) is 3.31. The van der Waals surface area contributed by atoms with Gasteiger partial charge in [0.05, 0.1) is 6.10 Å². The number of aromatic nitrogens is 2. The first kappa shape index (κ1) is 15.3. The van der Waals surface area contributed by atoms with E-state index in [4.69, 9.17) is 20.9 Å². The Kier molecular flexibility index (Phi) is 4.43. The molecule has 0 aromatic carbocycles. The lowest BCUT2D eigenvalue weighted by molar-refractivity contribution is -0.149. The number of carbonyl (C=O) groups excluding carboxylic acids is 2. The Bertz CT molecular complexity index is 542. The van der Waals surface area contributed by atoms with Crippen LogP contribution in [0.15, 0.2) is 6.33 Å². The summed E-state index contributed by atoms with van der Waals surface area (Å²) in [6, 6.07) is -0.682. The highest BCUT2D eigenvalue weighted by Crippen LogP contribution is 2.32. The van der Waals surface area contributed by atoms with E-state index in [0.717, 1.165) is 0 Å². The van der Waals surface area contributed by atoms with Crippen LogP contribution in [0.3, 0.4) is 0 Å². The maximum Gasteiger partial charge on any atom is 0.322 e. The summed E-state index contributed by atoms with van der Waals surface area (Å²) in [7, 11) is 0. The van der Waals surface area contributed by atoms with Crippen LogP contribution in [0.1, 0.15) is 36.5 Å². The van der Waals surface area contributed by atoms with E-state index in [1.54, 1.807) is 0 Å². The van der Waals surface area contributed by atoms with Crippen LogP contribution in [0, 0.1) is 0 Å². The van der Waals surface area contributed by atoms with E-state index in [9.17, 15) is 14.7 Å². The third-order valence-electron chi connectivity index (χ3n) is 3.18. The molecular formula is C12H18N4O5. The van der Waals surface area contributed by atoms with Gasteiger partial charge in [0.15, 0.2) is 5.69 Å². The highest BCUT2D eigenvalue weighted by atomic mass is 16.6. The van der Waals surface area contributed by atoms with Gasteiger partial charge in [0.25, 0.3) is 5.91 Å². The highest BCUT2D eigenvalue weighted by molar-refractivity contribution is 5.92. The molecule has 3 atom stereocenters. The molecule has 1 amide bonds. The summed E-state index contributed by atoms with van der Waals surface area (Å²) in [5.74, 6) is -1.64. The number of primary amides is 1. The number of hydrogen-bond donors (Lipinski definition) is 3. The van der Waals surface area contributed by atoms with Crippen LogP contribution in [0.2, 0.25) is 0 Å². The Morgan fingerprint density at radius 1 is 1.62 bits per heavy atom. The van der Waals surface area contributed by atoms with Crippen LogP contribution in [0.5, 0.6) is 5.88 Å². The summed E-state index contributed by atoms with van der Waals surface area (Å²) in [6.45, 7) is 1.63.